The number of fused-ring (bicyclic) bond motifs is 1. The van der Waals surface area contributed by atoms with Crippen LogP contribution in [0, 0.1) is 22.9 Å². The number of benzene rings is 1. The minimum Gasteiger partial charge on any atom is -0.361 e. The summed E-state index contributed by atoms with van der Waals surface area (Å²) >= 11 is 1.29. The zero-order valence-electron chi connectivity index (χ0n) is 13.2. The Labute approximate surface area is 145 Å². The van der Waals surface area contributed by atoms with E-state index in [-0.39, 0.29) is 30.3 Å². The van der Waals surface area contributed by atoms with Crippen LogP contribution in [0.2, 0.25) is 0 Å². The standard InChI is InChI=1S/C15H14FN5O3S/c1-9-2-3-10(8-11(9)16)13(22)18-5-4-17-12-14(21(23)24)20-6-7-25-15(20)19-12/h2-3,6-8,17H,4-5H2,1H3,(H,18,22). The molecular formula is C15H14FN5O3S. The van der Waals surface area contributed by atoms with E-state index in [1.54, 1.807) is 18.5 Å². The third-order valence-corrected chi connectivity index (χ3v) is 4.30. The van der Waals surface area contributed by atoms with Crippen LogP contribution in [0.15, 0.2) is 29.8 Å². The Hall–Kier alpha value is -3.01. The van der Waals surface area contributed by atoms with Gasteiger partial charge in [-0.05, 0) is 29.5 Å². The van der Waals surface area contributed by atoms with Gasteiger partial charge in [-0.2, -0.15) is 9.38 Å². The van der Waals surface area contributed by atoms with Crippen molar-refractivity contribution in [2.24, 2.45) is 0 Å². The molecule has 2 N–H and O–H groups in total. The Balaban J connectivity index is 1.59. The number of aromatic nitrogens is 2. The summed E-state index contributed by atoms with van der Waals surface area (Å²) in [5.41, 5.74) is 0.682. The average Bonchev–Trinajstić information content (AvgIpc) is 3.14. The number of anilines is 1. The summed E-state index contributed by atoms with van der Waals surface area (Å²) in [6.45, 7) is 2.06. The second-order valence-electron chi connectivity index (χ2n) is 5.24. The average molecular weight is 363 g/mol. The molecule has 0 fully saturated rings. The van der Waals surface area contributed by atoms with Crippen molar-refractivity contribution in [1.82, 2.24) is 14.7 Å². The van der Waals surface area contributed by atoms with E-state index in [9.17, 15) is 19.3 Å². The molecule has 25 heavy (non-hydrogen) atoms. The zero-order chi connectivity index (χ0) is 18.0. The fourth-order valence-corrected chi connectivity index (χ4v) is 2.97. The maximum Gasteiger partial charge on any atom is 0.372 e. The van der Waals surface area contributed by atoms with Crippen LogP contribution in [0.5, 0.6) is 0 Å². The third kappa shape index (κ3) is 3.43. The van der Waals surface area contributed by atoms with Gasteiger partial charge in [0.15, 0.2) is 0 Å². The molecule has 0 saturated heterocycles. The molecule has 1 amide bonds. The van der Waals surface area contributed by atoms with Crippen molar-refractivity contribution < 1.29 is 14.1 Å². The van der Waals surface area contributed by atoms with Gasteiger partial charge >= 0.3 is 5.82 Å². The molecule has 8 nitrogen and oxygen atoms in total. The first-order valence-corrected chi connectivity index (χ1v) is 8.23. The molecule has 2 heterocycles. The van der Waals surface area contributed by atoms with Crippen molar-refractivity contribution in [3.8, 4) is 0 Å². The van der Waals surface area contributed by atoms with Gasteiger partial charge in [-0.1, -0.05) is 17.4 Å². The van der Waals surface area contributed by atoms with Gasteiger partial charge in [0.2, 0.25) is 5.82 Å². The second-order valence-corrected chi connectivity index (χ2v) is 6.12. The van der Waals surface area contributed by atoms with Gasteiger partial charge in [0.05, 0.1) is 0 Å². The van der Waals surface area contributed by atoms with Gasteiger partial charge in [0.25, 0.3) is 10.9 Å². The third-order valence-electron chi connectivity index (χ3n) is 3.55. The van der Waals surface area contributed by atoms with E-state index in [2.05, 4.69) is 15.6 Å². The number of hydrogen-bond acceptors (Lipinski definition) is 6. The van der Waals surface area contributed by atoms with Crippen LogP contribution in [0.3, 0.4) is 0 Å². The minimum atomic E-state index is -0.511. The van der Waals surface area contributed by atoms with Crippen molar-refractivity contribution >= 4 is 33.8 Å². The quantitative estimate of drug-likeness (QED) is 0.398. The fourth-order valence-electron chi connectivity index (χ4n) is 2.26. The molecule has 0 radical (unpaired) electrons. The highest BCUT2D eigenvalue weighted by atomic mass is 32.1. The number of nitro groups is 1. The molecule has 10 heteroatoms. The first-order valence-electron chi connectivity index (χ1n) is 7.35. The predicted molar refractivity (Wildman–Crippen MR) is 91.7 cm³/mol. The van der Waals surface area contributed by atoms with E-state index in [0.717, 1.165) is 0 Å². The minimum absolute atomic E-state index is 0.146. The van der Waals surface area contributed by atoms with Crippen LogP contribution in [0.25, 0.3) is 4.96 Å². The van der Waals surface area contributed by atoms with Crippen LogP contribution in [-0.2, 0) is 0 Å². The molecule has 130 valence electrons. The summed E-state index contributed by atoms with van der Waals surface area (Å²) < 4.78 is 14.9. The van der Waals surface area contributed by atoms with Crippen molar-refractivity contribution in [3.05, 3.63) is 56.8 Å². The molecule has 2 aromatic heterocycles. The zero-order valence-corrected chi connectivity index (χ0v) is 14.0. The first kappa shape index (κ1) is 16.8. The van der Waals surface area contributed by atoms with Crippen LogP contribution < -0.4 is 10.6 Å². The van der Waals surface area contributed by atoms with Crippen molar-refractivity contribution in [2.75, 3.05) is 18.4 Å². The van der Waals surface area contributed by atoms with Gasteiger partial charge in [-0.25, -0.2) is 4.39 Å². The fraction of sp³-hybridized carbons (Fsp3) is 0.200. The highest BCUT2D eigenvalue weighted by Gasteiger charge is 2.23. The molecule has 0 aliphatic carbocycles. The molecule has 0 unspecified atom stereocenters. The number of carbonyl (C=O) groups excluding carboxylic acids is 1. The number of carbonyl (C=O) groups is 1. The first-order chi connectivity index (χ1) is 12.0. The number of nitrogens with zero attached hydrogens (tertiary/aromatic N) is 3. The summed E-state index contributed by atoms with van der Waals surface area (Å²) in [5, 5.41) is 18.4. The molecular weight excluding hydrogens is 349 g/mol. The number of aryl methyl sites for hydroxylation is 1. The number of imidazole rings is 1. The van der Waals surface area contributed by atoms with Gasteiger partial charge < -0.3 is 20.7 Å². The van der Waals surface area contributed by atoms with Gasteiger partial charge in [-0.15, -0.1) is 0 Å². The van der Waals surface area contributed by atoms with E-state index in [1.807, 2.05) is 0 Å². The monoisotopic (exact) mass is 363 g/mol. The van der Waals surface area contributed by atoms with Crippen LogP contribution in [0.1, 0.15) is 15.9 Å². The lowest BCUT2D eigenvalue weighted by Gasteiger charge is -2.07. The molecule has 0 spiro atoms. The Morgan fingerprint density at radius 2 is 2.24 bits per heavy atom. The Kier molecular flexibility index (Phi) is 4.61. The molecule has 3 rings (SSSR count). The summed E-state index contributed by atoms with van der Waals surface area (Å²) in [7, 11) is 0. The number of thiazole rings is 1. The Morgan fingerprint density at radius 1 is 1.44 bits per heavy atom. The number of hydrogen-bond donors (Lipinski definition) is 2. The van der Waals surface area contributed by atoms with Gasteiger partial charge in [-0.3, -0.25) is 4.79 Å². The summed E-state index contributed by atoms with van der Waals surface area (Å²) in [5.74, 6) is -0.865. The summed E-state index contributed by atoms with van der Waals surface area (Å²) in [6, 6.07) is 4.24. The van der Waals surface area contributed by atoms with Gasteiger partial charge in [0.1, 0.15) is 12.0 Å². The van der Waals surface area contributed by atoms with E-state index in [4.69, 9.17) is 0 Å². The van der Waals surface area contributed by atoms with Crippen LogP contribution >= 0.6 is 11.3 Å². The SMILES string of the molecule is Cc1ccc(C(=O)NCCNc2nc3sccn3c2[N+](=O)[O-])cc1F. The lowest BCUT2D eigenvalue weighted by molar-refractivity contribution is -0.389. The maximum atomic E-state index is 13.5. The highest BCUT2D eigenvalue weighted by Crippen LogP contribution is 2.27. The van der Waals surface area contributed by atoms with Crippen molar-refractivity contribution in [1.29, 1.82) is 0 Å². The topological polar surface area (TPSA) is 102 Å². The molecule has 0 aliphatic rings. The largest absolute Gasteiger partial charge is 0.372 e. The molecule has 0 atom stereocenters. The molecule has 0 bridgehead atoms. The number of halogens is 1. The highest BCUT2D eigenvalue weighted by molar-refractivity contribution is 7.15. The second kappa shape index (κ2) is 6.85. The normalized spacial score (nSPS) is 10.8. The van der Waals surface area contributed by atoms with E-state index >= 15 is 0 Å². The number of amides is 1. The molecule has 0 saturated carbocycles. The number of rotatable bonds is 6. The van der Waals surface area contributed by atoms with E-state index in [1.165, 1.54) is 33.9 Å². The summed E-state index contributed by atoms with van der Waals surface area (Å²) in [6.07, 6.45) is 1.57. The Morgan fingerprint density at radius 3 is 2.96 bits per heavy atom. The van der Waals surface area contributed by atoms with Gasteiger partial charge in [0, 0.05) is 24.0 Å². The Bertz CT molecular complexity index is 952. The van der Waals surface area contributed by atoms with Crippen molar-refractivity contribution in [2.45, 2.75) is 6.92 Å². The molecule has 3 aromatic rings. The summed E-state index contributed by atoms with van der Waals surface area (Å²) in [4.78, 5) is 27.3. The lowest BCUT2D eigenvalue weighted by Crippen LogP contribution is -2.29. The maximum absolute atomic E-state index is 13.5. The molecule has 1 aromatic carbocycles. The van der Waals surface area contributed by atoms with Crippen molar-refractivity contribution in [3.63, 3.8) is 0 Å². The van der Waals surface area contributed by atoms with E-state index in [0.29, 0.717) is 10.5 Å². The number of nitrogens with one attached hydrogen (secondary N) is 2. The van der Waals surface area contributed by atoms with Crippen LogP contribution in [-0.4, -0.2) is 33.3 Å². The lowest BCUT2D eigenvalue weighted by atomic mass is 10.1. The van der Waals surface area contributed by atoms with E-state index < -0.39 is 16.6 Å². The predicted octanol–water partition coefficient (Wildman–Crippen LogP) is 2.59. The van der Waals surface area contributed by atoms with Crippen LogP contribution in [0.4, 0.5) is 16.0 Å². The smallest absolute Gasteiger partial charge is 0.361 e. The molecule has 0 aliphatic heterocycles.